The molecule has 0 aliphatic heterocycles. The van der Waals surface area contributed by atoms with Gasteiger partial charge in [-0.3, -0.25) is 4.79 Å². The average Bonchev–Trinajstić information content (AvgIpc) is 2.65. The third-order valence-electron chi connectivity index (χ3n) is 4.99. The van der Waals surface area contributed by atoms with Crippen molar-refractivity contribution in [1.82, 2.24) is 4.98 Å². The topological polar surface area (TPSA) is 50.2 Å². The van der Waals surface area contributed by atoms with Crippen LogP contribution in [-0.4, -0.2) is 16.1 Å². The minimum absolute atomic E-state index is 0.309. The van der Waals surface area contributed by atoms with Crippen LogP contribution in [0.3, 0.4) is 0 Å². The van der Waals surface area contributed by atoms with Crippen molar-refractivity contribution in [2.75, 3.05) is 0 Å². The predicted octanol–water partition coefficient (Wildman–Crippen LogP) is 6.14. The van der Waals surface area contributed by atoms with Crippen molar-refractivity contribution < 1.29 is 9.90 Å². The molecule has 0 saturated carbocycles. The van der Waals surface area contributed by atoms with E-state index in [1.54, 1.807) is 0 Å². The number of hydrogen-bond acceptors (Lipinski definition) is 2. The van der Waals surface area contributed by atoms with Crippen molar-refractivity contribution >= 4 is 27.8 Å². The van der Waals surface area contributed by atoms with Gasteiger partial charge in [0.15, 0.2) is 0 Å². The van der Waals surface area contributed by atoms with Crippen molar-refractivity contribution in [3.05, 3.63) is 54.1 Å². The maximum Gasteiger partial charge on any atom is 0.303 e. The van der Waals surface area contributed by atoms with Gasteiger partial charge in [0.25, 0.3) is 0 Å². The zero-order valence-corrected chi connectivity index (χ0v) is 15.3. The number of pyridine rings is 1. The van der Waals surface area contributed by atoms with E-state index in [2.05, 4.69) is 42.5 Å². The van der Waals surface area contributed by atoms with Crippen molar-refractivity contribution in [3.8, 4) is 0 Å². The second-order valence-electron chi connectivity index (χ2n) is 7.03. The maximum absolute atomic E-state index is 10.5. The highest BCUT2D eigenvalue weighted by Crippen LogP contribution is 2.24. The van der Waals surface area contributed by atoms with Gasteiger partial charge in [0, 0.05) is 17.2 Å². The maximum atomic E-state index is 10.5. The van der Waals surface area contributed by atoms with Gasteiger partial charge >= 0.3 is 5.97 Å². The van der Waals surface area contributed by atoms with Crippen molar-refractivity contribution in [3.63, 3.8) is 0 Å². The quantitative estimate of drug-likeness (QED) is 0.353. The van der Waals surface area contributed by atoms with Gasteiger partial charge in [0.1, 0.15) is 0 Å². The molecule has 3 rings (SSSR count). The Morgan fingerprint density at radius 2 is 1.50 bits per heavy atom. The minimum Gasteiger partial charge on any atom is -0.481 e. The van der Waals surface area contributed by atoms with E-state index in [1.807, 2.05) is 6.07 Å². The number of aliphatic carboxylic acids is 1. The molecule has 0 unspecified atom stereocenters. The van der Waals surface area contributed by atoms with Gasteiger partial charge in [0.05, 0.1) is 11.0 Å². The summed E-state index contributed by atoms with van der Waals surface area (Å²) in [5.41, 5.74) is 3.53. The Hall–Kier alpha value is -2.42. The summed E-state index contributed by atoms with van der Waals surface area (Å²) in [6.07, 6.45) is 9.27. The number of aryl methyl sites for hydroxylation is 1. The SMILES string of the molecule is O=C(O)CCCCCCCCCc1cccc2nc3ccccc3cc12. The number of carbonyl (C=O) groups is 1. The normalized spacial score (nSPS) is 11.2. The summed E-state index contributed by atoms with van der Waals surface area (Å²) in [7, 11) is 0. The number of nitrogens with zero attached hydrogens (tertiary/aromatic N) is 1. The van der Waals surface area contributed by atoms with E-state index in [4.69, 9.17) is 10.1 Å². The van der Waals surface area contributed by atoms with Crippen molar-refractivity contribution in [2.45, 2.75) is 57.8 Å². The Bertz CT molecular complexity index is 872. The molecule has 0 spiro atoms. The zero-order valence-electron chi connectivity index (χ0n) is 15.3. The molecule has 26 heavy (non-hydrogen) atoms. The van der Waals surface area contributed by atoms with E-state index >= 15 is 0 Å². The first-order valence-electron chi connectivity index (χ1n) is 9.73. The van der Waals surface area contributed by atoms with Gasteiger partial charge in [0.2, 0.25) is 0 Å². The third kappa shape index (κ3) is 5.04. The summed E-state index contributed by atoms with van der Waals surface area (Å²) in [6, 6.07) is 17.0. The molecule has 0 aliphatic carbocycles. The minimum atomic E-state index is -0.678. The van der Waals surface area contributed by atoms with E-state index in [-0.39, 0.29) is 0 Å². The van der Waals surface area contributed by atoms with Crippen LogP contribution in [0.5, 0.6) is 0 Å². The van der Waals surface area contributed by atoms with E-state index in [0.29, 0.717) is 6.42 Å². The van der Waals surface area contributed by atoms with Crippen molar-refractivity contribution in [2.24, 2.45) is 0 Å². The number of hydrogen-bond donors (Lipinski definition) is 1. The Morgan fingerprint density at radius 1 is 0.808 bits per heavy atom. The molecule has 0 amide bonds. The number of fused-ring (bicyclic) bond motifs is 2. The van der Waals surface area contributed by atoms with Gasteiger partial charge in [-0.1, -0.05) is 62.4 Å². The zero-order chi connectivity index (χ0) is 18.2. The molecule has 0 radical (unpaired) electrons. The summed E-state index contributed by atoms with van der Waals surface area (Å²) in [5, 5.41) is 11.1. The Morgan fingerprint density at radius 3 is 2.31 bits per heavy atom. The van der Waals surface area contributed by atoms with Gasteiger partial charge in [-0.2, -0.15) is 0 Å². The van der Waals surface area contributed by atoms with Gasteiger partial charge < -0.3 is 5.11 Å². The molecule has 136 valence electrons. The van der Waals surface area contributed by atoms with Crippen LogP contribution in [0.15, 0.2) is 48.5 Å². The molecule has 1 aromatic heterocycles. The second kappa shape index (κ2) is 9.33. The van der Waals surface area contributed by atoms with E-state index in [9.17, 15) is 4.79 Å². The van der Waals surface area contributed by atoms with Crippen LogP contribution in [0.1, 0.15) is 56.9 Å². The lowest BCUT2D eigenvalue weighted by molar-refractivity contribution is -0.137. The lowest BCUT2D eigenvalue weighted by Gasteiger charge is -2.08. The molecular formula is C23H27NO2. The van der Waals surface area contributed by atoms with E-state index < -0.39 is 5.97 Å². The Balaban J connectivity index is 1.48. The molecule has 1 heterocycles. The number of carboxylic acid groups (broad SMARTS) is 1. The highest BCUT2D eigenvalue weighted by atomic mass is 16.4. The lowest BCUT2D eigenvalue weighted by Crippen LogP contribution is -1.93. The van der Waals surface area contributed by atoms with Crippen LogP contribution in [0, 0.1) is 0 Å². The molecule has 3 nitrogen and oxygen atoms in total. The molecule has 0 fully saturated rings. The van der Waals surface area contributed by atoms with E-state index in [1.165, 1.54) is 42.0 Å². The molecular weight excluding hydrogens is 322 g/mol. The third-order valence-corrected chi connectivity index (χ3v) is 4.99. The van der Waals surface area contributed by atoms with Gasteiger partial charge in [-0.05, 0) is 43.0 Å². The highest BCUT2D eigenvalue weighted by molar-refractivity contribution is 5.94. The molecule has 0 aliphatic rings. The summed E-state index contributed by atoms with van der Waals surface area (Å²) in [6.45, 7) is 0. The number of rotatable bonds is 10. The highest BCUT2D eigenvalue weighted by Gasteiger charge is 2.04. The summed E-state index contributed by atoms with van der Waals surface area (Å²) >= 11 is 0. The smallest absolute Gasteiger partial charge is 0.303 e. The summed E-state index contributed by atoms with van der Waals surface area (Å²) < 4.78 is 0. The molecule has 0 bridgehead atoms. The Kier molecular flexibility index (Phi) is 6.59. The molecule has 0 saturated heterocycles. The van der Waals surface area contributed by atoms with Gasteiger partial charge in [-0.25, -0.2) is 4.98 Å². The summed E-state index contributed by atoms with van der Waals surface area (Å²) in [5.74, 6) is -0.678. The fourth-order valence-electron chi connectivity index (χ4n) is 3.55. The first-order valence-corrected chi connectivity index (χ1v) is 9.73. The largest absolute Gasteiger partial charge is 0.481 e. The molecule has 0 atom stereocenters. The monoisotopic (exact) mass is 349 g/mol. The van der Waals surface area contributed by atoms with Crippen molar-refractivity contribution in [1.29, 1.82) is 0 Å². The van der Waals surface area contributed by atoms with E-state index in [0.717, 1.165) is 36.7 Å². The standard InChI is InChI=1S/C23H27NO2/c25-23(26)16-7-5-3-1-2-4-6-11-18-13-10-15-22-20(18)17-19-12-8-9-14-21(19)24-22/h8-10,12-15,17H,1-7,11,16H2,(H,25,26). The molecule has 3 aromatic rings. The van der Waals surface area contributed by atoms with Crippen LogP contribution in [0.25, 0.3) is 21.8 Å². The second-order valence-corrected chi connectivity index (χ2v) is 7.03. The average molecular weight is 349 g/mol. The number of carboxylic acids is 1. The fraction of sp³-hybridized carbons (Fsp3) is 0.391. The predicted molar refractivity (Wildman–Crippen MR) is 108 cm³/mol. The first-order chi connectivity index (χ1) is 12.7. The number of aromatic nitrogens is 1. The molecule has 1 N–H and O–H groups in total. The first kappa shape index (κ1) is 18.4. The number of para-hydroxylation sites is 1. The van der Waals surface area contributed by atoms with Crippen LogP contribution in [-0.2, 0) is 11.2 Å². The molecule has 2 aromatic carbocycles. The van der Waals surface area contributed by atoms with Crippen LogP contribution >= 0.6 is 0 Å². The molecule has 3 heteroatoms. The Labute approximate surface area is 155 Å². The van der Waals surface area contributed by atoms with Crippen LogP contribution in [0.2, 0.25) is 0 Å². The van der Waals surface area contributed by atoms with Crippen LogP contribution < -0.4 is 0 Å². The number of benzene rings is 2. The van der Waals surface area contributed by atoms with Crippen LogP contribution in [0.4, 0.5) is 0 Å². The lowest BCUT2D eigenvalue weighted by atomic mass is 10.00. The van der Waals surface area contributed by atoms with Gasteiger partial charge in [-0.15, -0.1) is 0 Å². The fourth-order valence-corrected chi connectivity index (χ4v) is 3.55. The summed E-state index contributed by atoms with van der Waals surface area (Å²) in [4.78, 5) is 15.3. The number of unbranched alkanes of at least 4 members (excludes halogenated alkanes) is 6.